The SMILES string of the molecule is CCCNc1ccc(C(=O)N(C)CC2CCCN2C)nn1. The van der Waals surface area contributed by atoms with Crippen LogP contribution < -0.4 is 5.32 Å². The predicted molar refractivity (Wildman–Crippen MR) is 83.4 cm³/mol. The maximum absolute atomic E-state index is 12.3. The van der Waals surface area contributed by atoms with Gasteiger partial charge in [-0.25, -0.2) is 0 Å². The normalized spacial score (nSPS) is 18.7. The summed E-state index contributed by atoms with van der Waals surface area (Å²) in [6.07, 6.45) is 3.39. The van der Waals surface area contributed by atoms with Crippen molar-refractivity contribution >= 4 is 11.7 Å². The first-order chi connectivity index (χ1) is 10.1. The zero-order valence-electron chi connectivity index (χ0n) is 13.2. The summed E-state index contributed by atoms with van der Waals surface area (Å²) in [6, 6.07) is 4.01. The number of hydrogen-bond donors (Lipinski definition) is 1. The molecule has 1 N–H and O–H groups in total. The van der Waals surface area contributed by atoms with E-state index >= 15 is 0 Å². The van der Waals surface area contributed by atoms with Gasteiger partial charge in [0.1, 0.15) is 5.82 Å². The summed E-state index contributed by atoms with van der Waals surface area (Å²) in [5, 5.41) is 11.2. The molecule has 1 aromatic rings. The molecule has 1 unspecified atom stereocenters. The number of rotatable bonds is 6. The Kier molecular flexibility index (Phi) is 5.50. The third kappa shape index (κ3) is 4.14. The van der Waals surface area contributed by atoms with Crippen molar-refractivity contribution in [1.29, 1.82) is 0 Å². The van der Waals surface area contributed by atoms with E-state index in [-0.39, 0.29) is 5.91 Å². The topological polar surface area (TPSA) is 61.4 Å². The minimum atomic E-state index is -0.0650. The highest BCUT2D eigenvalue weighted by Crippen LogP contribution is 2.16. The molecule has 0 spiro atoms. The van der Waals surface area contributed by atoms with E-state index in [0.717, 1.165) is 32.5 Å². The van der Waals surface area contributed by atoms with Crippen molar-refractivity contribution in [2.75, 3.05) is 39.0 Å². The van der Waals surface area contributed by atoms with Crippen LogP contribution in [0.3, 0.4) is 0 Å². The van der Waals surface area contributed by atoms with Crippen LogP contribution in [0.1, 0.15) is 36.7 Å². The number of carbonyl (C=O) groups excluding carboxylic acids is 1. The van der Waals surface area contributed by atoms with Crippen LogP contribution in [0.2, 0.25) is 0 Å². The molecule has 1 amide bonds. The quantitative estimate of drug-likeness (QED) is 0.860. The smallest absolute Gasteiger partial charge is 0.274 e. The van der Waals surface area contributed by atoms with Gasteiger partial charge < -0.3 is 15.1 Å². The second-order valence-electron chi connectivity index (χ2n) is 5.69. The van der Waals surface area contributed by atoms with Crippen LogP contribution in [0.5, 0.6) is 0 Å². The average Bonchev–Trinajstić information content (AvgIpc) is 2.90. The molecule has 2 heterocycles. The maximum atomic E-state index is 12.3. The van der Waals surface area contributed by atoms with E-state index in [0.29, 0.717) is 17.6 Å². The molecule has 1 fully saturated rings. The molecular weight excluding hydrogens is 266 g/mol. The van der Waals surface area contributed by atoms with Gasteiger partial charge in [0, 0.05) is 26.2 Å². The molecule has 2 rings (SSSR count). The zero-order chi connectivity index (χ0) is 15.2. The van der Waals surface area contributed by atoms with E-state index in [9.17, 15) is 4.79 Å². The third-order valence-corrected chi connectivity index (χ3v) is 3.94. The minimum Gasteiger partial charge on any atom is -0.369 e. The Bertz CT molecular complexity index is 462. The number of nitrogens with one attached hydrogen (secondary N) is 1. The van der Waals surface area contributed by atoms with Gasteiger partial charge in [0.2, 0.25) is 0 Å². The zero-order valence-corrected chi connectivity index (χ0v) is 13.2. The molecule has 1 aliphatic rings. The summed E-state index contributed by atoms with van der Waals surface area (Å²) in [5.41, 5.74) is 0.403. The van der Waals surface area contributed by atoms with Crippen LogP contribution in [0.4, 0.5) is 5.82 Å². The monoisotopic (exact) mass is 291 g/mol. The Morgan fingerprint density at radius 1 is 1.48 bits per heavy atom. The summed E-state index contributed by atoms with van der Waals surface area (Å²) in [6.45, 7) is 4.81. The van der Waals surface area contributed by atoms with Crippen molar-refractivity contribution in [1.82, 2.24) is 20.0 Å². The highest BCUT2D eigenvalue weighted by Gasteiger charge is 2.24. The minimum absolute atomic E-state index is 0.0650. The molecule has 1 aliphatic heterocycles. The predicted octanol–water partition coefficient (Wildman–Crippen LogP) is 1.46. The lowest BCUT2D eigenvalue weighted by molar-refractivity contribution is 0.0754. The molecule has 0 radical (unpaired) electrons. The highest BCUT2D eigenvalue weighted by molar-refractivity contribution is 5.92. The fourth-order valence-electron chi connectivity index (χ4n) is 2.60. The summed E-state index contributed by atoms with van der Waals surface area (Å²) in [4.78, 5) is 16.4. The van der Waals surface area contributed by atoms with Gasteiger partial charge in [-0.3, -0.25) is 4.79 Å². The van der Waals surface area contributed by atoms with Gasteiger partial charge in [-0.2, -0.15) is 0 Å². The van der Waals surface area contributed by atoms with Crippen LogP contribution in [-0.2, 0) is 0 Å². The first-order valence-corrected chi connectivity index (χ1v) is 7.65. The number of anilines is 1. The Labute approximate surface area is 126 Å². The molecule has 21 heavy (non-hydrogen) atoms. The van der Waals surface area contributed by atoms with Crippen LogP contribution in [0.15, 0.2) is 12.1 Å². The lowest BCUT2D eigenvalue weighted by atomic mass is 10.2. The number of likely N-dealkylation sites (N-methyl/N-ethyl adjacent to an activating group) is 2. The molecule has 1 aromatic heterocycles. The second-order valence-corrected chi connectivity index (χ2v) is 5.69. The molecule has 0 bridgehead atoms. The van der Waals surface area contributed by atoms with Crippen molar-refractivity contribution in [3.05, 3.63) is 17.8 Å². The van der Waals surface area contributed by atoms with Crippen LogP contribution in [0.25, 0.3) is 0 Å². The first kappa shape index (κ1) is 15.7. The van der Waals surface area contributed by atoms with E-state index in [1.807, 2.05) is 13.1 Å². The Morgan fingerprint density at radius 2 is 2.29 bits per heavy atom. The van der Waals surface area contributed by atoms with Gasteiger partial charge in [0.25, 0.3) is 5.91 Å². The average molecular weight is 291 g/mol. The molecule has 0 aromatic carbocycles. The lowest BCUT2D eigenvalue weighted by Crippen LogP contribution is -2.39. The largest absolute Gasteiger partial charge is 0.369 e. The van der Waals surface area contributed by atoms with Gasteiger partial charge in [0.05, 0.1) is 0 Å². The number of nitrogens with zero attached hydrogens (tertiary/aromatic N) is 4. The molecule has 6 nitrogen and oxygen atoms in total. The van der Waals surface area contributed by atoms with Crippen molar-refractivity contribution in [3.63, 3.8) is 0 Å². The number of aromatic nitrogens is 2. The molecule has 116 valence electrons. The van der Waals surface area contributed by atoms with E-state index in [4.69, 9.17) is 0 Å². The maximum Gasteiger partial charge on any atom is 0.274 e. The van der Waals surface area contributed by atoms with Crippen LogP contribution >= 0.6 is 0 Å². The van der Waals surface area contributed by atoms with E-state index in [1.165, 1.54) is 6.42 Å². The molecular formula is C15H25N5O. The molecule has 6 heteroatoms. The summed E-state index contributed by atoms with van der Waals surface area (Å²) < 4.78 is 0. The fraction of sp³-hybridized carbons (Fsp3) is 0.667. The number of carbonyl (C=O) groups is 1. The number of likely N-dealkylation sites (tertiary alicyclic amines) is 1. The van der Waals surface area contributed by atoms with Gasteiger partial charge >= 0.3 is 0 Å². The lowest BCUT2D eigenvalue weighted by Gasteiger charge is -2.25. The molecule has 0 saturated carbocycles. The van der Waals surface area contributed by atoms with Crippen molar-refractivity contribution in [2.45, 2.75) is 32.2 Å². The Morgan fingerprint density at radius 3 is 2.86 bits per heavy atom. The van der Waals surface area contributed by atoms with Gasteiger partial charge in [-0.05, 0) is 45.0 Å². The standard InChI is InChI=1S/C15H25N5O/c1-4-9-16-14-8-7-13(17-18-14)15(21)20(3)11-12-6-5-10-19(12)2/h7-8,12H,4-6,9-11H2,1-3H3,(H,16,18). The molecule has 1 saturated heterocycles. The van der Waals surface area contributed by atoms with Crippen LogP contribution in [0, 0.1) is 0 Å². The van der Waals surface area contributed by atoms with Crippen molar-refractivity contribution in [3.8, 4) is 0 Å². The van der Waals surface area contributed by atoms with E-state index in [2.05, 4.69) is 34.4 Å². The van der Waals surface area contributed by atoms with Crippen LogP contribution in [-0.4, -0.2) is 65.7 Å². The van der Waals surface area contributed by atoms with E-state index < -0.39 is 0 Å². The Hall–Kier alpha value is -1.69. The number of hydrogen-bond acceptors (Lipinski definition) is 5. The summed E-state index contributed by atoms with van der Waals surface area (Å²) >= 11 is 0. The highest BCUT2D eigenvalue weighted by atomic mass is 16.2. The van der Waals surface area contributed by atoms with Gasteiger partial charge in [-0.15, -0.1) is 10.2 Å². The third-order valence-electron chi connectivity index (χ3n) is 3.94. The summed E-state index contributed by atoms with van der Waals surface area (Å²) in [7, 11) is 3.95. The second kappa shape index (κ2) is 7.36. The Balaban J connectivity index is 1.92. The number of amides is 1. The van der Waals surface area contributed by atoms with Gasteiger partial charge in [-0.1, -0.05) is 6.92 Å². The fourth-order valence-corrected chi connectivity index (χ4v) is 2.60. The van der Waals surface area contributed by atoms with Crippen molar-refractivity contribution in [2.24, 2.45) is 0 Å². The molecule has 0 aliphatic carbocycles. The van der Waals surface area contributed by atoms with Gasteiger partial charge in [0.15, 0.2) is 5.69 Å². The summed E-state index contributed by atoms with van der Waals surface area (Å²) in [5.74, 6) is 0.649. The van der Waals surface area contributed by atoms with Crippen molar-refractivity contribution < 1.29 is 4.79 Å². The molecule has 1 atom stereocenters. The van der Waals surface area contributed by atoms with E-state index in [1.54, 1.807) is 11.0 Å². The first-order valence-electron chi connectivity index (χ1n) is 7.65.